The van der Waals surface area contributed by atoms with E-state index >= 15 is 0 Å². The van der Waals surface area contributed by atoms with Crippen molar-refractivity contribution in [2.75, 3.05) is 17.7 Å². The zero-order valence-corrected chi connectivity index (χ0v) is 24.5. The number of pyridine rings is 1. The van der Waals surface area contributed by atoms with Gasteiger partial charge in [0.25, 0.3) is 5.91 Å². The van der Waals surface area contributed by atoms with Gasteiger partial charge < -0.3 is 5.32 Å². The van der Waals surface area contributed by atoms with Crippen LogP contribution in [0, 0.1) is 11.5 Å². The summed E-state index contributed by atoms with van der Waals surface area (Å²) in [4.78, 5) is 35.3. The van der Waals surface area contributed by atoms with Crippen LogP contribution in [0.1, 0.15) is 76.5 Å². The zero-order valence-electron chi connectivity index (χ0n) is 23.7. The number of carbonyl (C=O) groups is 2. The summed E-state index contributed by atoms with van der Waals surface area (Å²) in [6.45, 7) is 6.22. The van der Waals surface area contributed by atoms with Crippen LogP contribution >= 0.6 is 0 Å². The van der Waals surface area contributed by atoms with E-state index in [4.69, 9.17) is 0 Å². The molecule has 1 aromatic carbocycles. The number of hydrogen-bond acceptors (Lipinski definition) is 7. The number of nitrogens with one attached hydrogen (secondary N) is 1. The minimum absolute atomic E-state index is 0.0114. The van der Waals surface area contributed by atoms with Gasteiger partial charge in [-0.3, -0.25) is 24.4 Å². The maximum absolute atomic E-state index is 14.4. The summed E-state index contributed by atoms with van der Waals surface area (Å²) < 4.78 is 24.8. The van der Waals surface area contributed by atoms with E-state index in [9.17, 15) is 23.3 Å². The van der Waals surface area contributed by atoms with Gasteiger partial charge in [0.2, 0.25) is 5.91 Å². The van der Waals surface area contributed by atoms with Crippen molar-refractivity contribution in [3.05, 3.63) is 59.9 Å². The molecule has 1 aromatic heterocycles. The van der Waals surface area contributed by atoms with Gasteiger partial charge in [0.1, 0.15) is 12.1 Å². The monoisotopic (exact) mass is 565 g/mol. The number of aromatic nitrogens is 1. The van der Waals surface area contributed by atoms with Crippen LogP contribution in [-0.2, 0) is 24.8 Å². The molecule has 10 heteroatoms. The van der Waals surface area contributed by atoms with Crippen LogP contribution in [0.5, 0.6) is 0 Å². The van der Waals surface area contributed by atoms with E-state index in [1.807, 2.05) is 30.5 Å². The number of benzene rings is 1. The second kappa shape index (κ2) is 12.0. The number of rotatable bonds is 7. The topological polar surface area (TPSA) is 123 Å². The summed E-state index contributed by atoms with van der Waals surface area (Å²) in [6.07, 6.45) is 11.2. The molecule has 3 atom stereocenters. The molecule has 1 aliphatic carbocycles. The summed E-state index contributed by atoms with van der Waals surface area (Å²) in [5, 5.41) is 12.2. The van der Waals surface area contributed by atoms with Gasteiger partial charge in [0.15, 0.2) is 16.0 Å². The Kier molecular flexibility index (Phi) is 8.83. The number of nitriles is 1. The molecule has 1 saturated carbocycles. The molecule has 2 aromatic rings. The number of amides is 2. The van der Waals surface area contributed by atoms with Crippen molar-refractivity contribution in [2.24, 2.45) is 0 Å². The molecule has 2 aliphatic rings. The van der Waals surface area contributed by atoms with E-state index in [1.165, 1.54) is 9.80 Å². The highest BCUT2D eigenvalue weighted by molar-refractivity contribution is 7.91. The highest BCUT2D eigenvalue weighted by Crippen LogP contribution is 2.34. The number of likely N-dealkylation sites (tertiary alicyclic amines) is 1. The molecule has 1 saturated heterocycles. The fraction of sp³-hybridized carbons (Fsp3) is 0.533. The molecular weight excluding hydrogens is 526 g/mol. The van der Waals surface area contributed by atoms with Crippen LogP contribution in [0.3, 0.4) is 0 Å². The van der Waals surface area contributed by atoms with Gasteiger partial charge in [-0.25, -0.2) is 8.42 Å². The molecule has 2 fully saturated rings. The van der Waals surface area contributed by atoms with Crippen molar-refractivity contribution < 1.29 is 18.0 Å². The predicted molar refractivity (Wildman–Crippen MR) is 154 cm³/mol. The van der Waals surface area contributed by atoms with Crippen LogP contribution in [0.15, 0.2) is 48.8 Å². The lowest BCUT2D eigenvalue weighted by atomic mass is 9.87. The van der Waals surface area contributed by atoms with Crippen LogP contribution in [0.2, 0.25) is 0 Å². The largest absolute Gasteiger partial charge is 0.351 e. The van der Waals surface area contributed by atoms with E-state index in [0.717, 1.165) is 43.9 Å². The van der Waals surface area contributed by atoms with E-state index in [0.29, 0.717) is 11.3 Å². The maximum atomic E-state index is 14.4. The van der Waals surface area contributed by atoms with Crippen molar-refractivity contribution in [1.82, 2.24) is 15.2 Å². The smallest absolute Gasteiger partial charge is 0.251 e. The Morgan fingerprint density at radius 1 is 1.12 bits per heavy atom. The van der Waals surface area contributed by atoms with Gasteiger partial charge in [-0.05, 0) is 48.4 Å². The first-order chi connectivity index (χ1) is 18.9. The quantitative estimate of drug-likeness (QED) is 0.506. The summed E-state index contributed by atoms with van der Waals surface area (Å²) in [7, 11) is -3.49. The third-order valence-electron chi connectivity index (χ3n) is 7.99. The lowest BCUT2D eigenvalue weighted by Gasteiger charge is -2.35. The molecule has 214 valence electrons. The number of hydrogen-bond donors (Lipinski definition) is 1. The summed E-state index contributed by atoms with van der Waals surface area (Å²) in [5.74, 6) is -0.821. The van der Waals surface area contributed by atoms with Gasteiger partial charge in [-0.1, -0.05) is 58.2 Å². The molecule has 9 nitrogen and oxygen atoms in total. The van der Waals surface area contributed by atoms with Crippen molar-refractivity contribution in [1.29, 1.82) is 5.26 Å². The fourth-order valence-corrected chi connectivity index (χ4v) is 6.58. The van der Waals surface area contributed by atoms with Crippen molar-refractivity contribution >= 4 is 27.3 Å². The first kappa shape index (κ1) is 29.5. The third-order valence-corrected chi connectivity index (χ3v) is 9.54. The SMILES string of the molecule is CC(C)(C)c1ccc(N(C(=O)C2CC(S(C)(=O)=O)CN2C#N)C(C(=O)NC2CCCCC2)c2cccnc2)cc1. The van der Waals surface area contributed by atoms with E-state index in [2.05, 4.69) is 31.1 Å². The Morgan fingerprint density at radius 2 is 1.80 bits per heavy atom. The Bertz CT molecular complexity index is 1340. The van der Waals surface area contributed by atoms with Gasteiger partial charge in [0, 0.05) is 42.5 Å². The van der Waals surface area contributed by atoms with Crippen LogP contribution < -0.4 is 10.2 Å². The fourth-order valence-electron chi connectivity index (χ4n) is 5.62. The molecule has 0 spiro atoms. The molecule has 4 rings (SSSR count). The Balaban J connectivity index is 1.80. The zero-order chi connectivity index (χ0) is 29.1. The number of anilines is 1. The molecule has 0 bridgehead atoms. The Hall–Kier alpha value is -3.45. The lowest BCUT2D eigenvalue weighted by Crippen LogP contribution is -2.51. The average molecular weight is 566 g/mol. The first-order valence-corrected chi connectivity index (χ1v) is 15.8. The standard InChI is InChI=1S/C30H39N5O4S/c1-30(2,3)22-12-14-24(15-13-22)35(29(37)26-17-25(40(4,38)39)19-34(26)20-31)27(21-9-8-16-32-18-21)28(36)33-23-10-6-5-7-11-23/h8-9,12-16,18,23,25-27H,5-7,10-11,17,19H2,1-4H3,(H,33,36). The summed E-state index contributed by atoms with van der Waals surface area (Å²) >= 11 is 0. The van der Waals surface area contributed by atoms with E-state index in [-0.39, 0.29) is 30.3 Å². The lowest BCUT2D eigenvalue weighted by molar-refractivity contribution is -0.128. The molecule has 2 amide bonds. The highest BCUT2D eigenvalue weighted by Gasteiger charge is 2.45. The third kappa shape index (κ3) is 6.64. The summed E-state index contributed by atoms with van der Waals surface area (Å²) in [5.41, 5.74) is 1.96. The van der Waals surface area contributed by atoms with Gasteiger partial charge in [-0.2, -0.15) is 5.26 Å². The molecule has 1 aliphatic heterocycles. The number of carbonyl (C=O) groups excluding carboxylic acids is 2. The first-order valence-electron chi connectivity index (χ1n) is 13.9. The Morgan fingerprint density at radius 3 is 2.35 bits per heavy atom. The maximum Gasteiger partial charge on any atom is 0.251 e. The summed E-state index contributed by atoms with van der Waals surface area (Å²) in [6, 6.07) is 8.92. The van der Waals surface area contributed by atoms with Crippen molar-refractivity contribution in [3.8, 4) is 6.19 Å². The molecule has 1 N–H and O–H groups in total. The van der Waals surface area contributed by atoms with Crippen LogP contribution in [-0.4, -0.2) is 60.3 Å². The van der Waals surface area contributed by atoms with E-state index < -0.39 is 33.1 Å². The molecule has 0 radical (unpaired) electrons. The van der Waals surface area contributed by atoms with Gasteiger partial charge >= 0.3 is 0 Å². The van der Waals surface area contributed by atoms with Crippen molar-refractivity contribution in [3.63, 3.8) is 0 Å². The molecule has 2 heterocycles. The number of nitrogens with zero attached hydrogens (tertiary/aromatic N) is 4. The van der Waals surface area contributed by atoms with Gasteiger partial charge in [0.05, 0.1) is 5.25 Å². The second-order valence-electron chi connectivity index (χ2n) is 12.0. The van der Waals surface area contributed by atoms with Crippen LogP contribution in [0.4, 0.5) is 5.69 Å². The highest BCUT2D eigenvalue weighted by atomic mass is 32.2. The second-order valence-corrected chi connectivity index (χ2v) is 14.3. The van der Waals surface area contributed by atoms with Crippen molar-refractivity contribution in [2.45, 2.75) is 88.1 Å². The van der Waals surface area contributed by atoms with E-state index in [1.54, 1.807) is 24.5 Å². The average Bonchev–Trinajstić information content (AvgIpc) is 3.37. The predicted octanol–water partition coefficient (Wildman–Crippen LogP) is 3.87. The molecule has 40 heavy (non-hydrogen) atoms. The molecular formula is C30H39N5O4S. The Labute approximate surface area is 237 Å². The van der Waals surface area contributed by atoms with Crippen LogP contribution in [0.25, 0.3) is 0 Å². The number of sulfone groups is 1. The normalized spacial score (nSPS) is 20.9. The molecule has 3 unspecified atom stereocenters. The minimum Gasteiger partial charge on any atom is -0.351 e. The van der Waals surface area contributed by atoms with Gasteiger partial charge in [-0.15, -0.1) is 0 Å². The minimum atomic E-state index is -3.49.